The summed E-state index contributed by atoms with van der Waals surface area (Å²) in [5.74, 6) is 0.533. The Bertz CT molecular complexity index is 799. The van der Waals surface area contributed by atoms with Crippen LogP contribution in [0.1, 0.15) is 15.4 Å². The van der Waals surface area contributed by atoms with Crippen LogP contribution in [0.25, 0.3) is 10.6 Å². The van der Waals surface area contributed by atoms with E-state index in [2.05, 4.69) is 20.5 Å². The molecule has 0 atom stereocenters. The Labute approximate surface area is 134 Å². The number of hydrogen-bond acceptors (Lipinski definition) is 7. The van der Waals surface area contributed by atoms with E-state index in [4.69, 9.17) is 4.74 Å². The zero-order valence-electron chi connectivity index (χ0n) is 11.9. The number of ether oxygens (including phenoxy) is 1. The molecule has 112 valence electrons. The first-order valence-corrected chi connectivity index (χ1v) is 8.06. The lowest BCUT2D eigenvalue weighted by Crippen LogP contribution is -2.11. The quantitative estimate of drug-likeness (QED) is 0.794. The Kier molecular flexibility index (Phi) is 4.12. The van der Waals surface area contributed by atoms with Gasteiger partial charge in [-0.2, -0.15) is 0 Å². The second-order valence-electron chi connectivity index (χ2n) is 4.36. The molecule has 6 nitrogen and oxygen atoms in total. The van der Waals surface area contributed by atoms with Crippen molar-refractivity contribution in [1.29, 1.82) is 0 Å². The minimum Gasteiger partial charge on any atom is -0.497 e. The van der Waals surface area contributed by atoms with Crippen molar-refractivity contribution in [2.75, 3.05) is 12.4 Å². The number of amides is 1. The van der Waals surface area contributed by atoms with Gasteiger partial charge in [-0.05, 0) is 19.1 Å². The highest BCUT2D eigenvalue weighted by Crippen LogP contribution is 2.30. The zero-order valence-corrected chi connectivity index (χ0v) is 13.5. The molecule has 0 saturated carbocycles. The summed E-state index contributed by atoms with van der Waals surface area (Å²) >= 11 is 2.61. The predicted molar refractivity (Wildman–Crippen MR) is 86.7 cm³/mol. The van der Waals surface area contributed by atoms with Crippen molar-refractivity contribution in [2.24, 2.45) is 0 Å². The summed E-state index contributed by atoms with van der Waals surface area (Å²) < 4.78 is 5.21. The van der Waals surface area contributed by atoms with Crippen molar-refractivity contribution in [2.45, 2.75) is 6.92 Å². The van der Waals surface area contributed by atoms with E-state index in [-0.39, 0.29) is 5.91 Å². The lowest BCUT2D eigenvalue weighted by Gasteiger charge is -2.01. The number of nitrogens with one attached hydrogen (secondary N) is 1. The van der Waals surface area contributed by atoms with E-state index in [1.54, 1.807) is 12.6 Å². The van der Waals surface area contributed by atoms with Crippen LogP contribution < -0.4 is 10.1 Å². The van der Waals surface area contributed by atoms with Crippen LogP contribution >= 0.6 is 22.7 Å². The van der Waals surface area contributed by atoms with Crippen molar-refractivity contribution in [3.63, 3.8) is 0 Å². The number of thiazole rings is 1. The van der Waals surface area contributed by atoms with E-state index in [0.717, 1.165) is 16.3 Å². The van der Waals surface area contributed by atoms with E-state index in [1.165, 1.54) is 22.7 Å². The number of hydrogen-bond donors (Lipinski definition) is 1. The molecular weight excluding hydrogens is 320 g/mol. The molecule has 8 heteroatoms. The van der Waals surface area contributed by atoms with Crippen LogP contribution in [0.5, 0.6) is 5.75 Å². The van der Waals surface area contributed by atoms with E-state index in [0.29, 0.717) is 15.7 Å². The van der Waals surface area contributed by atoms with Crippen LogP contribution in [0.2, 0.25) is 0 Å². The molecule has 3 aromatic rings. The summed E-state index contributed by atoms with van der Waals surface area (Å²) in [7, 11) is 1.62. The smallest absolute Gasteiger partial charge is 0.269 e. The molecule has 0 saturated heterocycles. The fraction of sp³-hybridized carbons (Fsp3) is 0.143. The summed E-state index contributed by atoms with van der Waals surface area (Å²) in [5, 5.41) is 11.5. The fourth-order valence-electron chi connectivity index (χ4n) is 1.87. The Morgan fingerprint density at radius 3 is 2.95 bits per heavy atom. The number of benzene rings is 1. The Morgan fingerprint density at radius 2 is 2.23 bits per heavy atom. The van der Waals surface area contributed by atoms with Crippen LogP contribution in [0.3, 0.4) is 0 Å². The van der Waals surface area contributed by atoms with Gasteiger partial charge < -0.3 is 4.74 Å². The van der Waals surface area contributed by atoms with Gasteiger partial charge in [-0.15, -0.1) is 21.5 Å². The summed E-state index contributed by atoms with van der Waals surface area (Å²) in [6, 6.07) is 7.59. The number of methoxy groups -OCH3 is 1. The fourth-order valence-corrected chi connectivity index (χ4v) is 3.27. The SMILES string of the molecule is COc1cccc(-c2nc(C)c(C(=O)Nc3nncs3)s2)c1. The highest BCUT2D eigenvalue weighted by Gasteiger charge is 2.17. The van der Waals surface area contributed by atoms with Crippen LogP contribution in [0.4, 0.5) is 5.13 Å². The normalized spacial score (nSPS) is 10.5. The number of nitrogens with zero attached hydrogens (tertiary/aromatic N) is 3. The van der Waals surface area contributed by atoms with E-state index in [1.807, 2.05) is 31.2 Å². The average molecular weight is 332 g/mol. The van der Waals surface area contributed by atoms with Gasteiger partial charge in [0.1, 0.15) is 21.1 Å². The number of aryl methyl sites for hydroxylation is 1. The third-order valence-corrected chi connectivity index (χ3v) is 4.71. The van der Waals surface area contributed by atoms with Crippen LogP contribution in [0.15, 0.2) is 29.8 Å². The lowest BCUT2D eigenvalue weighted by atomic mass is 10.2. The maximum absolute atomic E-state index is 12.3. The van der Waals surface area contributed by atoms with Crippen molar-refractivity contribution in [3.05, 3.63) is 40.3 Å². The average Bonchev–Trinajstić information content (AvgIpc) is 3.17. The molecule has 0 aliphatic rings. The van der Waals surface area contributed by atoms with Crippen molar-refractivity contribution < 1.29 is 9.53 Å². The van der Waals surface area contributed by atoms with Crippen molar-refractivity contribution in [3.8, 4) is 16.3 Å². The lowest BCUT2D eigenvalue weighted by molar-refractivity contribution is 0.102. The first-order chi connectivity index (χ1) is 10.7. The molecule has 2 aromatic heterocycles. The number of carbonyl (C=O) groups excluding carboxylic acids is 1. The molecule has 0 unspecified atom stereocenters. The number of anilines is 1. The van der Waals surface area contributed by atoms with Crippen molar-refractivity contribution in [1.82, 2.24) is 15.2 Å². The van der Waals surface area contributed by atoms with Gasteiger partial charge in [0.25, 0.3) is 5.91 Å². The van der Waals surface area contributed by atoms with Crippen LogP contribution in [-0.4, -0.2) is 28.2 Å². The van der Waals surface area contributed by atoms with Gasteiger partial charge in [0.2, 0.25) is 5.13 Å². The van der Waals surface area contributed by atoms with E-state index >= 15 is 0 Å². The summed E-state index contributed by atoms with van der Waals surface area (Å²) in [4.78, 5) is 17.3. The van der Waals surface area contributed by atoms with Gasteiger partial charge >= 0.3 is 0 Å². The standard InChI is InChI=1S/C14H12N4O2S2/c1-8-11(12(19)17-14-18-15-7-21-14)22-13(16-8)9-4-3-5-10(6-9)20-2/h3-7H,1-2H3,(H,17,18,19). The predicted octanol–water partition coefficient (Wildman–Crippen LogP) is 3.23. The van der Waals surface area contributed by atoms with Gasteiger partial charge in [0.15, 0.2) is 0 Å². The number of aromatic nitrogens is 3. The van der Waals surface area contributed by atoms with Gasteiger partial charge in [-0.3, -0.25) is 10.1 Å². The van der Waals surface area contributed by atoms with Gasteiger partial charge in [0.05, 0.1) is 12.8 Å². The van der Waals surface area contributed by atoms with Gasteiger partial charge in [-0.1, -0.05) is 23.5 Å². The molecule has 0 fully saturated rings. The van der Waals surface area contributed by atoms with E-state index < -0.39 is 0 Å². The Hall–Kier alpha value is -2.32. The molecule has 0 radical (unpaired) electrons. The highest BCUT2D eigenvalue weighted by molar-refractivity contribution is 7.17. The van der Waals surface area contributed by atoms with Crippen molar-refractivity contribution >= 4 is 33.7 Å². The molecular formula is C14H12N4O2S2. The molecule has 2 heterocycles. The summed E-state index contributed by atoms with van der Waals surface area (Å²) in [6.45, 7) is 1.81. The Balaban J connectivity index is 1.88. The molecule has 0 bridgehead atoms. The van der Waals surface area contributed by atoms with E-state index in [9.17, 15) is 4.79 Å². The Morgan fingerprint density at radius 1 is 1.36 bits per heavy atom. The van der Waals surface area contributed by atoms with Crippen LogP contribution in [0, 0.1) is 6.92 Å². The van der Waals surface area contributed by atoms with Gasteiger partial charge in [-0.25, -0.2) is 4.98 Å². The first kappa shape index (κ1) is 14.6. The second kappa shape index (κ2) is 6.20. The van der Waals surface area contributed by atoms with Gasteiger partial charge in [0, 0.05) is 5.56 Å². The zero-order chi connectivity index (χ0) is 15.5. The van der Waals surface area contributed by atoms with Crippen LogP contribution in [-0.2, 0) is 0 Å². The molecule has 3 rings (SSSR count). The molecule has 22 heavy (non-hydrogen) atoms. The summed E-state index contributed by atoms with van der Waals surface area (Å²) in [5.41, 5.74) is 3.17. The second-order valence-corrected chi connectivity index (χ2v) is 6.20. The molecule has 1 amide bonds. The maximum atomic E-state index is 12.3. The third-order valence-electron chi connectivity index (χ3n) is 2.90. The molecule has 0 spiro atoms. The topological polar surface area (TPSA) is 77.0 Å². The number of rotatable bonds is 4. The molecule has 1 N–H and O–H groups in total. The molecule has 0 aliphatic carbocycles. The number of carbonyl (C=O) groups is 1. The first-order valence-electron chi connectivity index (χ1n) is 6.36. The largest absolute Gasteiger partial charge is 0.497 e. The third kappa shape index (κ3) is 2.97. The molecule has 0 aliphatic heterocycles. The summed E-state index contributed by atoms with van der Waals surface area (Å²) in [6.07, 6.45) is 0. The molecule has 1 aromatic carbocycles. The minimum absolute atomic E-state index is 0.221. The highest BCUT2D eigenvalue weighted by atomic mass is 32.1. The minimum atomic E-state index is -0.221. The maximum Gasteiger partial charge on any atom is 0.269 e. The monoisotopic (exact) mass is 332 g/mol.